The lowest BCUT2D eigenvalue weighted by Gasteiger charge is -2.26. The number of rotatable bonds is 6. The van der Waals surface area contributed by atoms with E-state index < -0.39 is 0 Å². The van der Waals surface area contributed by atoms with Crippen molar-refractivity contribution in [1.29, 1.82) is 0 Å². The molecule has 0 saturated carbocycles. The Hall–Kier alpha value is -1.96. The van der Waals surface area contributed by atoms with Crippen molar-refractivity contribution < 1.29 is 14.3 Å². The highest BCUT2D eigenvalue weighted by molar-refractivity contribution is 7.16. The van der Waals surface area contributed by atoms with Gasteiger partial charge in [-0.1, -0.05) is 0 Å². The molecule has 3 rings (SSSR count). The summed E-state index contributed by atoms with van der Waals surface area (Å²) in [6.45, 7) is 4.88. The molecule has 0 aliphatic carbocycles. The number of nitrogens with zero attached hydrogens (tertiary/aromatic N) is 2. The van der Waals surface area contributed by atoms with Crippen molar-refractivity contribution in [1.82, 2.24) is 15.2 Å². The number of aromatic nitrogens is 1. The van der Waals surface area contributed by atoms with E-state index in [4.69, 9.17) is 9.47 Å². The minimum Gasteiger partial charge on any atom is -0.497 e. The van der Waals surface area contributed by atoms with Crippen LogP contribution in [0.15, 0.2) is 30.5 Å². The molecule has 24 heavy (non-hydrogen) atoms. The number of methoxy groups -OCH3 is 1. The maximum Gasteiger partial charge on any atom is 0.263 e. The number of nitrogens with one attached hydrogen (secondary N) is 1. The highest BCUT2D eigenvalue weighted by atomic mass is 32.1. The average Bonchev–Trinajstić information content (AvgIpc) is 3.13. The van der Waals surface area contributed by atoms with Crippen LogP contribution in [0, 0.1) is 0 Å². The van der Waals surface area contributed by atoms with Crippen LogP contribution in [-0.4, -0.2) is 62.3 Å². The van der Waals surface area contributed by atoms with Gasteiger partial charge in [-0.3, -0.25) is 9.69 Å². The second-order valence-corrected chi connectivity index (χ2v) is 6.50. The second kappa shape index (κ2) is 8.23. The van der Waals surface area contributed by atoms with Gasteiger partial charge in [0.1, 0.15) is 15.6 Å². The van der Waals surface area contributed by atoms with E-state index in [1.165, 1.54) is 11.3 Å². The highest BCUT2D eigenvalue weighted by Crippen LogP contribution is 2.26. The highest BCUT2D eigenvalue weighted by Gasteiger charge is 2.13. The molecule has 1 N–H and O–H groups in total. The quantitative estimate of drug-likeness (QED) is 0.864. The fraction of sp³-hybridized carbons (Fsp3) is 0.412. The Morgan fingerprint density at radius 3 is 2.79 bits per heavy atom. The number of amides is 1. The number of hydrogen-bond acceptors (Lipinski definition) is 6. The summed E-state index contributed by atoms with van der Waals surface area (Å²) in [4.78, 5) is 19.5. The van der Waals surface area contributed by atoms with Gasteiger partial charge in [0.2, 0.25) is 0 Å². The Kier molecular flexibility index (Phi) is 5.79. The predicted molar refractivity (Wildman–Crippen MR) is 93.7 cm³/mol. The van der Waals surface area contributed by atoms with Crippen molar-refractivity contribution in [2.45, 2.75) is 0 Å². The van der Waals surface area contributed by atoms with E-state index in [1.807, 2.05) is 24.3 Å². The van der Waals surface area contributed by atoms with Gasteiger partial charge in [-0.05, 0) is 24.3 Å². The molecule has 1 aromatic heterocycles. The van der Waals surface area contributed by atoms with E-state index in [-0.39, 0.29) is 5.91 Å². The third-order valence-corrected chi connectivity index (χ3v) is 4.93. The van der Waals surface area contributed by atoms with Gasteiger partial charge < -0.3 is 14.8 Å². The predicted octanol–water partition coefficient (Wildman–Crippen LogP) is 1.88. The van der Waals surface area contributed by atoms with Crippen molar-refractivity contribution >= 4 is 17.2 Å². The molecule has 1 saturated heterocycles. The molecule has 2 heterocycles. The molecule has 1 aliphatic heterocycles. The van der Waals surface area contributed by atoms with Crippen LogP contribution in [0.4, 0.5) is 0 Å². The van der Waals surface area contributed by atoms with Crippen molar-refractivity contribution in [2.75, 3.05) is 46.5 Å². The molecule has 1 aromatic carbocycles. The number of morpholine rings is 1. The Morgan fingerprint density at radius 1 is 1.33 bits per heavy atom. The third-order valence-electron chi connectivity index (χ3n) is 3.88. The standard InChI is InChI=1S/C17H21N3O3S/c1-22-14-4-2-13(3-5-14)17-19-12-15(24-17)16(21)18-6-7-20-8-10-23-11-9-20/h2-5,12H,6-11H2,1H3,(H,18,21). The van der Waals surface area contributed by atoms with E-state index >= 15 is 0 Å². The zero-order chi connectivity index (χ0) is 16.8. The zero-order valence-corrected chi connectivity index (χ0v) is 14.5. The summed E-state index contributed by atoms with van der Waals surface area (Å²) in [6, 6.07) is 7.66. The van der Waals surface area contributed by atoms with Crippen LogP contribution in [0.2, 0.25) is 0 Å². The fourth-order valence-corrected chi connectivity index (χ4v) is 3.32. The first-order valence-electron chi connectivity index (χ1n) is 7.95. The number of thiazole rings is 1. The van der Waals surface area contributed by atoms with Gasteiger partial charge in [0.05, 0.1) is 26.5 Å². The SMILES string of the molecule is COc1ccc(-c2ncc(C(=O)NCCN3CCOCC3)s2)cc1. The van der Waals surface area contributed by atoms with E-state index in [0.29, 0.717) is 11.4 Å². The first kappa shape index (κ1) is 16.9. The molecule has 128 valence electrons. The summed E-state index contributed by atoms with van der Waals surface area (Å²) in [5, 5.41) is 3.79. The van der Waals surface area contributed by atoms with Crippen molar-refractivity contribution in [3.8, 4) is 16.3 Å². The van der Waals surface area contributed by atoms with E-state index in [1.54, 1.807) is 13.3 Å². The van der Waals surface area contributed by atoms with E-state index in [2.05, 4.69) is 15.2 Å². The molecule has 1 aliphatic rings. The van der Waals surface area contributed by atoms with Crippen LogP contribution in [-0.2, 0) is 4.74 Å². The topological polar surface area (TPSA) is 63.7 Å². The molecular weight excluding hydrogens is 326 g/mol. The molecule has 7 heteroatoms. The van der Waals surface area contributed by atoms with Crippen LogP contribution in [0.3, 0.4) is 0 Å². The summed E-state index contributed by atoms with van der Waals surface area (Å²) < 4.78 is 10.5. The van der Waals surface area contributed by atoms with Crippen LogP contribution in [0.5, 0.6) is 5.75 Å². The molecule has 1 amide bonds. The van der Waals surface area contributed by atoms with Gasteiger partial charge >= 0.3 is 0 Å². The number of hydrogen-bond donors (Lipinski definition) is 1. The van der Waals surface area contributed by atoms with Crippen LogP contribution in [0.1, 0.15) is 9.67 Å². The summed E-state index contributed by atoms with van der Waals surface area (Å²) in [5.74, 6) is 0.733. The molecule has 0 atom stereocenters. The molecule has 0 spiro atoms. The largest absolute Gasteiger partial charge is 0.497 e. The van der Waals surface area contributed by atoms with Crippen molar-refractivity contribution in [3.05, 3.63) is 35.3 Å². The lowest BCUT2D eigenvalue weighted by Crippen LogP contribution is -2.41. The summed E-state index contributed by atoms with van der Waals surface area (Å²) in [5.41, 5.74) is 0.980. The number of carbonyl (C=O) groups excluding carboxylic acids is 1. The molecule has 0 bridgehead atoms. The minimum absolute atomic E-state index is 0.0690. The number of ether oxygens (including phenoxy) is 2. The van der Waals surface area contributed by atoms with Crippen molar-refractivity contribution in [3.63, 3.8) is 0 Å². The van der Waals surface area contributed by atoms with Crippen molar-refractivity contribution in [2.24, 2.45) is 0 Å². The van der Waals surface area contributed by atoms with Gasteiger partial charge in [-0.2, -0.15) is 0 Å². The van der Waals surface area contributed by atoms with E-state index in [9.17, 15) is 4.79 Å². The lowest BCUT2D eigenvalue weighted by molar-refractivity contribution is 0.0383. The minimum atomic E-state index is -0.0690. The zero-order valence-electron chi connectivity index (χ0n) is 13.7. The molecular formula is C17H21N3O3S. The average molecular weight is 347 g/mol. The molecule has 6 nitrogen and oxygen atoms in total. The van der Waals surface area contributed by atoms with E-state index in [0.717, 1.165) is 49.2 Å². The number of carbonyl (C=O) groups is 1. The van der Waals surface area contributed by atoms with Gasteiger partial charge in [0, 0.05) is 31.7 Å². The fourth-order valence-electron chi connectivity index (χ4n) is 2.49. The summed E-state index contributed by atoms with van der Waals surface area (Å²) in [6.07, 6.45) is 1.63. The van der Waals surface area contributed by atoms with Gasteiger partial charge in [0.25, 0.3) is 5.91 Å². The maximum absolute atomic E-state index is 12.2. The Balaban J connectivity index is 1.53. The monoisotopic (exact) mass is 347 g/mol. The normalized spacial score (nSPS) is 15.2. The smallest absolute Gasteiger partial charge is 0.263 e. The third kappa shape index (κ3) is 4.31. The lowest BCUT2D eigenvalue weighted by atomic mass is 10.2. The van der Waals surface area contributed by atoms with Gasteiger partial charge in [-0.25, -0.2) is 4.98 Å². The Bertz CT molecular complexity index is 666. The first-order chi connectivity index (χ1) is 11.8. The Morgan fingerprint density at radius 2 is 2.08 bits per heavy atom. The number of benzene rings is 1. The summed E-state index contributed by atoms with van der Waals surface area (Å²) in [7, 11) is 1.64. The molecule has 2 aromatic rings. The Labute approximate surface area is 145 Å². The molecule has 0 unspecified atom stereocenters. The van der Waals surface area contributed by atoms with Crippen LogP contribution >= 0.6 is 11.3 Å². The second-order valence-electron chi connectivity index (χ2n) is 5.47. The van der Waals surface area contributed by atoms with Crippen LogP contribution in [0.25, 0.3) is 10.6 Å². The van der Waals surface area contributed by atoms with Crippen LogP contribution < -0.4 is 10.1 Å². The molecule has 1 fully saturated rings. The first-order valence-corrected chi connectivity index (χ1v) is 8.76. The maximum atomic E-state index is 12.2. The molecule has 0 radical (unpaired) electrons. The summed E-state index contributed by atoms with van der Waals surface area (Å²) >= 11 is 1.40. The van der Waals surface area contributed by atoms with Gasteiger partial charge in [0.15, 0.2) is 0 Å². The van der Waals surface area contributed by atoms with Gasteiger partial charge in [-0.15, -0.1) is 11.3 Å².